The van der Waals surface area contributed by atoms with Gasteiger partial charge in [0.15, 0.2) is 0 Å². The van der Waals surface area contributed by atoms with Crippen molar-refractivity contribution in [3.8, 4) is 5.75 Å². The Bertz CT molecular complexity index is 677. The average molecular weight is 409 g/mol. The minimum absolute atomic E-state index is 0.126. The molecule has 0 spiro atoms. The Balaban J connectivity index is 1.47. The van der Waals surface area contributed by atoms with E-state index in [9.17, 15) is 4.79 Å². The Kier molecular flexibility index (Phi) is 6.77. The van der Waals surface area contributed by atoms with Crippen LogP contribution in [0.4, 0.5) is 4.79 Å². The van der Waals surface area contributed by atoms with Gasteiger partial charge in [-0.25, -0.2) is 4.79 Å². The van der Waals surface area contributed by atoms with Gasteiger partial charge in [-0.2, -0.15) is 0 Å². The summed E-state index contributed by atoms with van der Waals surface area (Å²) >= 11 is 6.61. The van der Waals surface area contributed by atoms with Gasteiger partial charge in [-0.05, 0) is 78.1 Å². The lowest BCUT2D eigenvalue weighted by Crippen LogP contribution is -2.45. The minimum atomic E-state index is -0.359. The summed E-state index contributed by atoms with van der Waals surface area (Å²) in [6.07, 6.45) is 3.92. The first-order valence-corrected chi connectivity index (χ1v) is 10.7. The molecule has 1 saturated carbocycles. The lowest BCUT2D eigenvalue weighted by molar-refractivity contribution is -0.0173. The zero-order valence-corrected chi connectivity index (χ0v) is 18.2. The molecule has 1 aromatic carbocycles. The molecule has 0 bridgehead atoms. The van der Waals surface area contributed by atoms with Crippen molar-refractivity contribution < 1.29 is 14.3 Å². The fourth-order valence-corrected chi connectivity index (χ4v) is 4.05. The first-order valence-electron chi connectivity index (χ1n) is 10.4. The molecule has 5 nitrogen and oxygen atoms in total. The number of rotatable bonds is 6. The smallest absolute Gasteiger partial charge is 0.407 e. The molecule has 1 aliphatic carbocycles. The van der Waals surface area contributed by atoms with Crippen molar-refractivity contribution in [1.82, 2.24) is 10.2 Å². The molecule has 1 aromatic rings. The van der Waals surface area contributed by atoms with E-state index in [0.717, 1.165) is 48.8 Å². The van der Waals surface area contributed by atoms with E-state index in [1.807, 2.05) is 39.8 Å². The number of alkyl carbamates (subject to hydrolysis) is 1. The molecule has 6 heteroatoms. The largest absolute Gasteiger partial charge is 0.489 e. The van der Waals surface area contributed by atoms with Gasteiger partial charge in [0.25, 0.3) is 0 Å². The van der Waals surface area contributed by atoms with Gasteiger partial charge in [0, 0.05) is 18.0 Å². The maximum absolute atomic E-state index is 11.9. The monoisotopic (exact) mass is 408 g/mol. The van der Waals surface area contributed by atoms with Crippen molar-refractivity contribution in [3.63, 3.8) is 0 Å². The SMILES string of the molecule is CC(OC(=O)NC(C)(C)C)C1CC(Oc2cccc(CN3CCCC3)c2Cl)C1. The van der Waals surface area contributed by atoms with Crippen molar-refractivity contribution in [2.24, 2.45) is 5.92 Å². The van der Waals surface area contributed by atoms with Gasteiger partial charge >= 0.3 is 6.09 Å². The molecular weight excluding hydrogens is 376 g/mol. The predicted octanol–water partition coefficient (Wildman–Crippen LogP) is 5.01. The van der Waals surface area contributed by atoms with E-state index in [1.54, 1.807) is 0 Å². The highest BCUT2D eigenvalue weighted by atomic mass is 35.5. The van der Waals surface area contributed by atoms with Gasteiger partial charge in [-0.1, -0.05) is 23.7 Å². The number of hydrogen-bond donors (Lipinski definition) is 1. The van der Waals surface area contributed by atoms with E-state index in [1.165, 1.54) is 12.8 Å². The third kappa shape index (κ3) is 5.77. The number of nitrogens with zero attached hydrogens (tertiary/aromatic N) is 1. The Morgan fingerprint density at radius 3 is 2.61 bits per heavy atom. The van der Waals surface area contributed by atoms with E-state index in [4.69, 9.17) is 21.1 Å². The zero-order valence-electron chi connectivity index (χ0n) is 17.5. The number of hydrogen-bond acceptors (Lipinski definition) is 4. The molecule has 3 rings (SSSR count). The minimum Gasteiger partial charge on any atom is -0.489 e. The van der Waals surface area contributed by atoms with Crippen LogP contribution in [-0.4, -0.2) is 41.8 Å². The first-order chi connectivity index (χ1) is 13.2. The zero-order chi connectivity index (χ0) is 20.3. The normalized spacial score (nSPS) is 23.8. The fraction of sp³-hybridized carbons (Fsp3) is 0.682. The molecule has 1 N–H and O–H groups in total. The number of halogens is 1. The van der Waals surface area contributed by atoms with Crippen LogP contribution in [0.5, 0.6) is 5.75 Å². The van der Waals surface area contributed by atoms with Crippen molar-refractivity contribution in [3.05, 3.63) is 28.8 Å². The molecule has 28 heavy (non-hydrogen) atoms. The molecule has 1 aliphatic heterocycles. The van der Waals surface area contributed by atoms with Crippen LogP contribution < -0.4 is 10.1 Å². The van der Waals surface area contributed by atoms with Crippen molar-refractivity contribution in [2.75, 3.05) is 13.1 Å². The molecule has 0 radical (unpaired) electrons. The number of likely N-dealkylation sites (tertiary alicyclic amines) is 1. The molecule has 1 unspecified atom stereocenters. The summed E-state index contributed by atoms with van der Waals surface area (Å²) in [7, 11) is 0. The summed E-state index contributed by atoms with van der Waals surface area (Å²) in [5, 5.41) is 3.56. The molecule has 2 aliphatic rings. The lowest BCUT2D eigenvalue weighted by atomic mass is 9.79. The molecule has 1 saturated heterocycles. The molecule has 1 heterocycles. The van der Waals surface area contributed by atoms with Crippen LogP contribution >= 0.6 is 11.6 Å². The van der Waals surface area contributed by atoms with Gasteiger partial charge in [0.05, 0.1) is 11.1 Å². The van der Waals surface area contributed by atoms with Gasteiger partial charge in [-0.3, -0.25) is 4.90 Å². The highest BCUT2D eigenvalue weighted by Crippen LogP contribution is 2.38. The van der Waals surface area contributed by atoms with Gasteiger partial charge in [0.1, 0.15) is 11.9 Å². The Labute approximate surface area is 173 Å². The molecule has 156 valence electrons. The second-order valence-corrected chi connectivity index (χ2v) is 9.55. The third-order valence-corrected chi connectivity index (χ3v) is 5.92. The summed E-state index contributed by atoms with van der Waals surface area (Å²) in [4.78, 5) is 14.4. The standard InChI is InChI=1S/C22H33ClN2O3/c1-15(27-21(26)24-22(2,3)4)17-12-18(13-17)28-19-9-7-8-16(20(19)23)14-25-10-5-6-11-25/h7-9,15,17-18H,5-6,10-14H2,1-4H3,(H,24,26). The topological polar surface area (TPSA) is 50.8 Å². The number of nitrogens with one attached hydrogen (secondary N) is 1. The Morgan fingerprint density at radius 1 is 1.29 bits per heavy atom. The van der Waals surface area contributed by atoms with E-state index >= 15 is 0 Å². The highest BCUT2D eigenvalue weighted by Gasteiger charge is 2.37. The van der Waals surface area contributed by atoms with E-state index in [-0.39, 0.29) is 23.8 Å². The summed E-state index contributed by atoms with van der Waals surface area (Å²) in [5.74, 6) is 1.09. The van der Waals surface area contributed by atoms with Crippen molar-refractivity contribution >= 4 is 17.7 Å². The summed E-state index contributed by atoms with van der Waals surface area (Å²) in [6.45, 7) is 10.9. The van der Waals surface area contributed by atoms with Crippen molar-refractivity contribution in [2.45, 2.75) is 77.7 Å². The number of ether oxygens (including phenoxy) is 2. The molecule has 1 amide bonds. The summed E-state index contributed by atoms with van der Waals surface area (Å²) in [6, 6.07) is 6.05. The summed E-state index contributed by atoms with van der Waals surface area (Å²) < 4.78 is 11.7. The number of amides is 1. The average Bonchev–Trinajstić information content (AvgIpc) is 3.04. The maximum Gasteiger partial charge on any atom is 0.407 e. The second-order valence-electron chi connectivity index (χ2n) is 9.17. The lowest BCUT2D eigenvalue weighted by Gasteiger charge is -2.39. The van der Waals surface area contributed by atoms with Crippen molar-refractivity contribution in [1.29, 1.82) is 0 Å². The van der Waals surface area contributed by atoms with Crippen LogP contribution in [0, 0.1) is 5.92 Å². The molecular formula is C22H33ClN2O3. The van der Waals surface area contributed by atoms with E-state index in [0.29, 0.717) is 5.92 Å². The van der Waals surface area contributed by atoms with E-state index in [2.05, 4.69) is 16.3 Å². The fourth-order valence-electron chi connectivity index (χ4n) is 3.82. The quantitative estimate of drug-likeness (QED) is 0.719. The van der Waals surface area contributed by atoms with Crippen LogP contribution in [-0.2, 0) is 11.3 Å². The number of benzene rings is 1. The highest BCUT2D eigenvalue weighted by molar-refractivity contribution is 6.32. The van der Waals surface area contributed by atoms with Crippen LogP contribution in [0.25, 0.3) is 0 Å². The van der Waals surface area contributed by atoms with Crippen LogP contribution in [0.2, 0.25) is 5.02 Å². The maximum atomic E-state index is 11.9. The van der Waals surface area contributed by atoms with Crippen LogP contribution in [0.3, 0.4) is 0 Å². The predicted molar refractivity (Wildman–Crippen MR) is 112 cm³/mol. The van der Waals surface area contributed by atoms with E-state index < -0.39 is 0 Å². The number of carbonyl (C=O) groups is 1. The first kappa shape index (κ1) is 21.3. The molecule has 1 atom stereocenters. The molecule has 0 aromatic heterocycles. The van der Waals surface area contributed by atoms with Crippen LogP contribution in [0.1, 0.15) is 58.9 Å². The van der Waals surface area contributed by atoms with Gasteiger partial charge < -0.3 is 14.8 Å². The van der Waals surface area contributed by atoms with Crippen LogP contribution in [0.15, 0.2) is 18.2 Å². The number of carbonyl (C=O) groups excluding carboxylic acids is 1. The summed E-state index contributed by atoms with van der Waals surface area (Å²) in [5.41, 5.74) is 0.839. The second kappa shape index (κ2) is 8.91. The third-order valence-electron chi connectivity index (χ3n) is 5.49. The van der Waals surface area contributed by atoms with Gasteiger partial charge in [0.2, 0.25) is 0 Å². The Hall–Kier alpha value is -1.46. The van der Waals surface area contributed by atoms with Gasteiger partial charge in [-0.15, -0.1) is 0 Å². The Morgan fingerprint density at radius 2 is 1.96 bits per heavy atom. The molecule has 2 fully saturated rings.